The zero-order valence-corrected chi connectivity index (χ0v) is 21.3. The molecule has 0 atom stereocenters. The van der Waals surface area contributed by atoms with Gasteiger partial charge in [-0.1, -0.05) is 6.07 Å². The molecule has 0 spiro atoms. The molecular formula is C24H23N5O6S2. The monoisotopic (exact) mass is 541 g/mol. The number of fused-ring (bicyclic) bond motifs is 1. The van der Waals surface area contributed by atoms with E-state index in [0.717, 1.165) is 17.2 Å². The van der Waals surface area contributed by atoms with Crippen molar-refractivity contribution in [2.75, 3.05) is 5.73 Å². The first-order valence-electron chi connectivity index (χ1n) is 10.7. The predicted molar refractivity (Wildman–Crippen MR) is 143 cm³/mol. The number of nitrogens with zero attached hydrogens (tertiary/aromatic N) is 4. The fourth-order valence-electron chi connectivity index (χ4n) is 3.46. The van der Waals surface area contributed by atoms with Crippen LogP contribution in [0.1, 0.15) is 11.1 Å². The summed E-state index contributed by atoms with van der Waals surface area (Å²) in [5, 5.41) is 17.1. The maximum absolute atomic E-state index is 11.9. The average Bonchev–Trinajstić information content (AvgIpc) is 2.82. The third-order valence-corrected chi connectivity index (χ3v) is 7.22. The minimum atomic E-state index is -4.75. The quantitative estimate of drug-likeness (QED) is 0.0937. The van der Waals surface area contributed by atoms with Gasteiger partial charge in [-0.2, -0.15) is 28.9 Å². The van der Waals surface area contributed by atoms with Gasteiger partial charge in [-0.25, -0.2) is 0 Å². The molecule has 0 aliphatic rings. The lowest BCUT2D eigenvalue weighted by Crippen LogP contribution is -2.03. The summed E-state index contributed by atoms with van der Waals surface area (Å²) in [6.45, 7) is 3.80. The van der Waals surface area contributed by atoms with Crippen LogP contribution in [0.25, 0.3) is 10.8 Å². The molecule has 0 aliphatic carbocycles. The maximum Gasteiger partial charge on any atom is 0.295 e. The lowest BCUT2D eigenvalue weighted by molar-refractivity contribution is 0.376. The Morgan fingerprint density at radius 3 is 1.84 bits per heavy atom. The second kappa shape index (κ2) is 9.97. The third-order valence-electron chi connectivity index (χ3n) is 5.46. The van der Waals surface area contributed by atoms with E-state index < -0.39 is 30.8 Å². The largest absolute Gasteiger partial charge is 0.399 e. The summed E-state index contributed by atoms with van der Waals surface area (Å²) in [6, 6.07) is 16.9. The first-order valence-corrected chi connectivity index (χ1v) is 13.6. The summed E-state index contributed by atoms with van der Waals surface area (Å²) in [4.78, 5) is -1.05. The average molecular weight is 542 g/mol. The van der Waals surface area contributed by atoms with Gasteiger partial charge in [0.1, 0.15) is 15.8 Å². The number of benzene rings is 4. The SMILES string of the molecule is Cc1cc(N=Nc2ccc(N=Nc3ccc4cc(S(O)(O)O)cc(S(=O)(=O)O)c4c3)cc2)c(C)cc1N. The van der Waals surface area contributed by atoms with E-state index in [9.17, 15) is 26.6 Å². The van der Waals surface area contributed by atoms with Crippen LogP contribution in [0.5, 0.6) is 0 Å². The number of nitrogen functional groups attached to an aromatic ring is 1. The van der Waals surface area contributed by atoms with Crippen molar-refractivity contribution in [2.24, 2.45) is 20.5 Å². The van der Waals surface area contributed by atoms with E-state index in [1.807, 2.05) is 26.0 Å². The molecule has 0 amide bonds. The lowest BCUT2D eigenvalue weighted by Gasteiger charge is -2.20. The summed E-state index contributed by atoms with van der Waals surface area (Å²) in [5.41, 5.74) is 10.5. The molecule has 0 aliphatic heterocycles. The molecule has 6 N–H and O–H groups in total. The van der Waals surface area contributed by atoms with Crippen LogP contribution in [0.2, 0.25) is 0 Å². The number of hydrogen-bond acceptors (Lipinski definition) is 10. The van der Waals surface area contributed by atoms with Crippen LogP contribution in [-0.2, 0) is 10.1 Å². The number of azo groups is 2. The van der Waals surface area contributed by atoms with Gasteiger partial charge in [0.2, 0.25) is 0 Å². The van der Waals surface area contributed by atoms with Gasteiger partial charge in [0.25, 0.3) is 10.1 Å². The molecule has 4 rings (SSSR count). The van der Waals surface area contributed by atoms with E-state index in [2.05, 4.69) is 20.5 Å². The lowest BCUT2D eigenvalue weighted by atomic mass is 10.1. The second-order valence-corrected chi connectivity index (χ2v) is 11.1. The smallest absolute Gasteiger partial charge is 0.295 e. The molecule has 192 valence electrons. The van der Waals surface area contributed by atoms with Crippen molar-refractivity contribution < 1.29 is 26.6 Å². The molecule has 0 saturated heterocycles. The van der Waals surface area contributed by atoms with Gasteiger partial charge in [-0.3, -0.25) is 4.55 Å². The van der Waals surface area contributed by atoms with E-state index >= 15 is 0 Å². The van der Waals surface area contributed by atoms with Crippen LogP contribution < -0.4 is 5.73 Å². The zero-order valence-electron chi connectivity index (χ0n) is 19.6. The van der Waals surface area contributed by atoms with Crippen LogP contribution in [0, 0.1) is 13.8 Å². The van der Waals surface area contributed by atoms with Crippen molar-refractivity contribution in [2.45, 2.75) is 23.6 Å². The highest BCUT2D eigenvalue weighted by Crippen LogP contribution is 2.46. The Morgan fingerprint density at radius 1 is 0.676 bits per heavy atom. The van der Waals surface area contributed by atoms with Crippen LogP contribution in [0.15, 0.2) is 97.0 Å². The summed E-state index contributed by atoms with van der Waals surface area (Å²) in [6.07, 6.45) is 0. The van der Waals surface area contributed by atoms with Crippen LogP contribution in [0.4, 0.5) is 28.4 Å². The highest BCUT2D eigenvalue weighted by atomic mass is 32.3. The minimum Gasteiger partial charge on any atom is -0.399 e. The van der Waals surface area contributed by atoms with Crippen molar-refractivity contribution in [3.8, 4) is 0 Å². The Bertz CT molecular complexity index is 1660. The molecule has 0 aromatic heterocycles. The van der Waals surface area contributed by atoms with E-state index in [4.69, 9.17) is 5.73 Å². The normalized spacial score (nSPS) is 13.1. The summed E-state index contributed by atoms with van der Waals surface area (Å²) in [5.74, 6) is 0. The van der Waals surface area contributed by atoms with E-state index in [0.29, 0.717) is 22.7 Å². The summed E-state index contributed by atoms with van der Waals surface area (Å²) >= 11 is 0. The highest BCUT2D eigenvalue weighted by molar-refractivity contribution is 8.19. The molecule has 4 aromatic rings. The van der Waals surface area contributed by atoms with Crippen LogP contribution >= 0.6 is 10.9 Å². The molecule has 0 saturated carbocycles. The molecule has 4 aromatic carbocycles. The first kappa shape index (κ1) is 26.3. The third kappa shape index (κ3) is 6.17. The van der Waals surface area contributed by atoms with Gasteiger partial charge in [0.15, 0.2) is 0 Å². The van der Waals surface area contributed by atoms with Gasteiger partial charge in [0.05, 0.1) is 27.6 Å². The topological polar surface area (TPSA) is 191 Å². The van der Waals surface area contributed by atoms with Gasteiger partial charge < -0.3 is 19.4 Å². The van der Waals surface area contributed by atoms with E-state index in [1.165, 1.54) is 24.3 Å². The molecule has 0 unspecified atom stereocenters. The molecule has 13 heteroatoms. The molecular weight excluding hydrogens is 518 g/mol. The minimum absolute atomic E-state index is 0.0651. The standard InChI is InChI=1S/C24H23N5O6S2/c1-14-10-23(15(2)9-22(14)25)29-27-18-7-5-17(6-8-18)26-28-19-4-3-16-11-20(36(30,31)32)13-24(21(16)12-19)37(33,34)35/h3-13,30-32H,25H2,1-2H3,(H,33,34,35). The summed E-state index contributed by atoms with van der Waals surface area (Å²) in [7, 11) is -8.95. The molecule has 0 bridgehead atoms. The fourth-order valence-corrected chi connectivity index (χ4v) is 4.83. The fraction of sp³-hybridized carbons (Fsp3) is 0.0833. The van der Waals surface area contributed by atoms with Crippen LogP contribution in [-0.4, -0.2) is 26.6 Å². The number of hydrogen-bond donors (Lipinski definition) is 5. The summed E-state index contributed by atoms with van der Waals surface area (Å²) < 4.78 is 61.9. The first-order chi connectivity index (χ1) is 17.3. The molecule has 0 fully saturated rings. The Labute approximate surface area is 214 Å². The molecule has 0 radical (unpaired) electrons. The Kier molecular flexibility index (Phi) is 7.10. The number of rotatable bonds is 6. The van der Waals surface area contributed by atoms with Gasteiger partial charge in [-0.05, 0) is 91.0 Å². The van der Waals surface area contributed by atoms with Crippen molar-refractivity contribution in [1.82, 2.24) is 0 Å². The Balaban J connectivity index is 1.59. The zero-order chi connectivity index (χ0) is 27.0. The van der Waals surface area contributed by atoms with Gasteiger partial charge in [-0.15, -0.1) is 0 Å². The number of anilines is 1. The highest BCUT2D eigenvalue weighted by Gasteiger charge is 2.23. The van der Waals surface area contributed by atoms with Gasteiger partial charge >= 0.3 is 0 Å². The van der Waals surface area contributed by atoms with E-state index in [-0.39, 0.29) is 16.5 Å². The maximum atomic E-state index is 11.9. The molecule has 11 nitrogen and oxygen atoms in total. The van der Waals surface area contributed by atoms with Crippen molar-refractivity contribution >= 4 is 60.2 Å². The number of aryl methyl sites for hydroxylation is 2. The Morgan fingerprint density at radius 2 is 1.24 bits per heavy atom. The van der Waals surface area contributed by atoms with Crippen molar-refractivity contribution in [1.29, 1.82) is 0 Å². The second-order valence-electron chi connectivity index (χ2n) is 8.23. The van der Waals surface area contributed by atoms with Crippen molar-refractivity contribution in [3.63, 3.8) is 0 Å². The van der Waals surface area contributed by atoms with Gasteiger partial charge in [0, 0.05) is 11.1 Å². The Hall–Kier alpha value is -3.72. The predicted octanol–water partition coefficient (Wildman–Crippen LogP) is 7.70. The van der Waals surface area contributed by atoms with E-state index in [1.54, 1.807) is 24.3 Å². The number of nitrogens with two attached hydrogens (primary N) is 1. The molecule has 0 heterocycles. The molecule has 37 heavy (non-hydrogen) atoms. The van der Waals surface area contributed by atoms with Crippen LogP contribution in [0.3, 0.4) is 0 Å². The van der Waals surface area contributed by atoms with Crippen molar-refractivity contribution in [3.05, 3.63) is 77.9 Å².